The Labute approximate surface area is 138 Å². The Kier molecular flexibility index (Phi) is 6.49. The Morgan fingerprint density at radius 2 is 1.39 bits per heavy atom. The molecule has 0 saturated heterocycles. The highest BCUT2D eigenvalue weighted by Crippen LogP contribution is 2.33. The van der Waals surface area contributed by atoms with Crippen molar-refractivity contribution in [3.63, 3.8) is 0 Å². The number of Topliss-reactive ketones (excluding diaryl/α,β-unsaturated/α-hetero) is 1. The second-order valence-electron chi connectivity index (χ2n) is 5.51. The lowest BCUT2D eigenvalue weighted by Crippen LogP contribution is -2.22. The third-order valence-corrected chi connectivity index (χ3v) is 5.69. The molecule has 0 saturated carbocycles. The summed E-state index contributed by atoms with van der Waals surface area (Å²) in [6.45, 7) is 3.56. The van der Waals surface area contributed by atoms with Crippen LogP contribution in [0.15, 0.2) is 60.7 Å². The number of carbonyl (C=O) groups excluding carboxylic acids is 2. The van der Waals surface area contributed by atoms with Crippen molar-refractivity contribution in [2.45, 2.75) is 26.4 Å². The van der Waals surface area contributed by atoms with Gasteiger partial charge in [-0.2, -0.15) is 0 Å². The molecule has 3 nitrogen and oxygen atoms in total. The van der Waals surface area contributed by atoms with Crippen LogP contribution in [0.1, 0.15) is 20.3 Å². The van der Waals surface area contributed by atoms with Gasteiger partial charge in [0, 0.05) is 6.16 Å². The van der Waals surface area contributed by atoms with Gasteiger partial charge in [0.15, 0.2) is 0 Å². The van der Waals surface area contributed by atoms with Crippen LogP contribution in [0.2, 0.25) is 0 Å². The Bertz CT molecular complexity index is 599. The van der Waals surface area contributed by atoms with Crippen molar-refractivity contribution in [3.05, 3.63) is 60.7 Å². The number of ether oxygens (including phenoxy) is 1. The molecule has 0 atom stereocenters. The normalized spacial score (nSPS) is 10.8. The van der Waals surface area contributed by atoms with Crippen LogP contribution in [-0.4, -0.2) is 24.0 Å². The van der Waals surface area contributed by atoms with Crippen molar-refractivity contribution >= 4 is 30.3 Å². The van der Waals surface area contributed by atoms with E-state index in [9.17, 15) is 9.59 Å². The standard InChI is InChI=1S/C19H21O3P/c1-15(2)22-19(21)13-16(20)14-23(17-9-5-3-6-10-17)18-11-7-4-8-12-18/h3-12,15H,13-14H2,1-2H3. The summed E-state index contributed by atoms with van der Waals surface area (Å²) in [5.41, 5.74) is 0. The van der Waals surface area contributed by atoms with E-state index in [1.165, 1.54) is 0 Å². The van der Waals surface area contributed by atoms with Gasteiger partial charge in [-0.1, -0.05) is 60.7 Å². The van der Waals surface area contributed by atoms with Crippen LogP contribution in [0.5, 0.6) is 0 Å². The van der Waals surface area contributed by atoms with E-state index in [-0.39, 0.29) is 18.3 Å². The van der Waals surface area contributed by atoms with Gasteiger partial charge in [-0.15, -0.1) is 0 Å². The van der Waals surface area contributed by atoms with Gasteiger partial charge >= 0.3 is 5.97 Å². The average molecular weight is 328 g/mol. The predicted molar refractivity (Wildman–Crippen MR) is 94.8 cm³/mol. The van der Waals surface area contributed by atoms with Gasteiger partial charge in [-0.05, 0) is 32.4 Å². The maximum absolute atomic E-state index is 12.3. The van der Waals surface area contributed by atoms with Crippen LogP contribution in [-0.2, 0) is 14.3 Å². The molecule has 0 fully saturated rings. The first-order chi connectivity index (χ1) is 11.1. The number of rotatable bonds is 7. The zero-order chi connectivity index (χ0) is 16.7. The molecule has 0 unspecified atom stereocenters. The lowest BCUT2D eigenvalue weighted by Gasteiger charge is -2.18. The lowest BCUT2D eigenvalue weighted by molar-refractivity contribution is -0.149. The van der Waals surface area contributed by atoms with E-state index in [4.69, 9.17) is 4.74 Å². The van der Waals surface area contributed by atoms with Crippen molar-refractivity contribution in [1.82, 2.24) is 0 Å². The fourth-order valence-corrected chi connectivity index (χ4v) is 4.44. The van der Waals surface area contributed by atoms with Gasteiger partial charge in [0.1, 0.15) is 12.2 Å². The molecule has 23 heavy (non-hydrogen) atoms. The van der Waals surface area contributed by atoms with Gasteiger partial charge in [-0.3, -0.25) is 9.59 Å². The minimum Gasteiger partial charge on any atom is -0.463 e. The van der Waals surface area contributed by atoms with Crippen LogP contribution in [0.25, 0.3) is 0 Å². The van der Waals surface area contributed by atoms with Crippen LogP contribution < -0.4 is 10.6 Å². The van der Waals surface area contributed by atoms with Gasteiger partial charge in [-0.25, -0.2) is 0 Å². The quantitative estimate of drug-likeness (QED) is 0.446. The van der Waals surface area contributed by atoms with Gasteiger partial charge in [0.25, 0.3) is 0 Å². The summed E-state index contributed by atoms with van der Waals surface area (Å²) in [4.78, 5) is 24.0. The fraction of sp³-hybridized carbons (Fsp3) is 0.263. The van der Waals surface area contributed by atoms with E-state index in [1.54, 1.807) is 13.8 Å². The smallest absolute Gasteiger partial charge is 0.313 e. The number of carbonyl (C=O) groups is 2. The molecule has 0 heterocycles. The molecule has 0 spiro atoms. The van der Waals surface area contributed by atoms with Crippen LogP contribution in [0, 0.1) is 0 Å². The van der Waals surface area contributed by atoms with E-state index in [1.807, 2.05) is 60.7 Å². The number of esters is 1. The van der Waals surface area contributed by atoms with Crippen molar-refractivity contribution in [2.75, 3.05) is 6.16 Å². The van der Waals surface area contributed by atoms with E-state index >= 15 is 0 Å². The Balaban J connectivity index is 2.13. The summed E-state index contributed by atoms with van der Waals surface area (Å²) in [6, 6.07) is 20.0. The number of benzene rings is 2. The fourth-order valence-electron chi connectivity index (χ4n) is 2.25. The second kappa shape index (κ2) is 8.59. The van der Waals surface area contributed by atoms with E-state index in [2.05, 4.69) is 0 Å². The molecular weight excluding hydrogens is 307 g/mol. The van der Waals surface area contributed by atoms with Gasteiger partial charge < -0.3 is 4.74 Å². The minimum absolute atomic E-state index is 0.0746. The predicted octanol–water partition coefficient (Wildman–Crippen LogP) is 3.03. The molecule has 0 amide bonds. The molecule has 0 bridgehead atoms. The molecule has 4 heteroatoms. The summed E-state index contributed by atoms with van der Waals surface area (Å²) >= 11 is 0. The van der Waals surface area contributed by atoms with Crippen molar-refractivity contribution < 1.29 is 14.3 Å². The number of hydrogen-bond donors (Lipinski definition) is 0. The molecule has 0 N–H and O–H groups in total. The zero-order valence-electron chi connectivity index (χ0n) is 13.4. The van der Waals surface area contributed by atoms with Crippen LogP contribution in [0.3, 0.4) is 0 Å². The molecule has 120 valence electrons. The molecule has 0 aromatic heterocycles. The van der Waals surface area contributed by atoms with E-state index < -0.39 is 13.9 Å². The Morgan fingerprint density at radius 3 is 1.83 bits per heavy atom. The summed E-state index contributed by atoms with van der Waals surface area (Å²) in [5.74, 6) is -0.518. The zero-order valence-corrected chi connectivity index (χ0v) is 14.3. The molecule has 0 radical (unpaired) electrons. The van der Waals surface area contributed by atoms with Gasteiger partial charge in [0.05, 0.1) is 6.10 Å². The molecule has 0 aliphatic heterocycles. The van der Waals surface area contributed by atoms with Crippen molar-refractivity contribution in [3.8, 4) is 0 Å². The van der Waals surface area contributed by atoms with E-state index in [0.717, 1.165) is 10.6 Å². The highest BCUT2D eigenvalue weighted by Gasteiger charge is 2.20. The second-order valence-corrected chi connectivity index (χ2v) is 7.72. The first kappa shape index (κ1) is 17.4. The van der Waals surface area contributed by atoms with Crippen LogP contribution in [0.4, 0.5) is 0 Å². The molecule has 2 aromatic carbocycles. The van der Waals surface area contributed by atoms with E-state index in [0.29, 0.717) is 6.16 Å². The summed E-state index contributed by atoms with van der Waals surface area (Å²) in [6.07, 6.45) is 0.00723. The average Bonchev–Trinajstić information content (AvgIpc) is 2.53. The summed E-state index contributed by atoms with van der Waals surface area (Å²) in [7, 11) is -0.799. The monoisotopic (exact) mass is 328 g/mol. The lowest BCUT2D eigenvalue weighted by atomic mass is 10.3. The Morgan fingerprint density at radius 1 is 0.913 bits per heavy atom. The summed E-state index contributed by atoms with van der Waals surface area (Å²) < 4.78 is 5.06. The maximum atomic E-state index is 12.3. The van der Waals surface area contributed by atoms with Crippen molar-refractivity contribution in [2.24, 2.45) is 0 Å². The summed E-state index contributed by atoms with van der Waals surface area (Å²) in [5, 5.41) is 2.28. The number of hydrogen-bond acceptors (Lipinski definition) is 3. The molecule has 2 aromatic rings. The molecular formula is C19H21O3P. The highest BCUT2D eigenvalue weighted by molar-refractivity contribution is 7.73. The third-order valence-electron chi connectivity index (χ3n) is 3.18. The molecule has 2 rings (SSSR count). The first-order valence-electron chi connectivity index (χ1n) is 7.65. The minimum atomic E-state index is -0.799. The first-order valence-corrected chi connectivity index (χ1v) is 9.18. The van der Waals surface area contributed by atoms with Crippen molar-refractivity contribution in [1.29, 1.82) is 0 Å². The maximum Gasteiger partial charge on any atom is 0.313 e. The van der Waals surface area contributed by atoms with Crippen LogP contribution >= 0.6 is 7.92 Å². The number of ketones is 1. The highest BCUT2D eigenvalue weighted by atomic mass is 31.1. The largest absolute Gasteiger partial charge is 0.463 e. The third kappa shape index (κ3) is 5.61. The topological polar surface area (TPSA) is 43.4 Å². The van der Waals surface area contributed by atoms with Gasteiger partial charge in [0.2, 0.25) is 0 Å². The molecule has 0 aliphatic rings. The Hall–Kier alpha value is -1.99. The molecule has 0 aliphatic carbocycles. The SMILES string of the molecule is CC(C)OC(=O)CC(=O)CP(c1ccccc1)c1ccccc1.